The van der Waals surface area contributed by atoms with E-state index in [1.165, 1.54) is 4.90 Å². The van der Waals surface area contributed by atoms with Gasteiger partial charge in [0.2, 0.25) is 0 Å². The Morgan fingerprint density at radius 3 is 2.55 bits per heavy atom. The van der Waals surface area contributed by atoms with Crippen LogP contribution >= 0.6 is 0 Å². The summed E-state index contributed by atoms with van der Waals surface area (Å²) in [4.78, 5) is 25.0. The van der Waals surface area contributed by atoms with Gasteiger partial charge in [-0.2, -0.15) is 0 Å². The van der Waals surface area contributed by atoms with Gasteiger partial charge < -0.3 is 20.1 Å². The lowest BCUT2D eigenvalue weighted by Crippen LogP contribution is -2.44. The van der Waals surface area contributed by atoms with E-state index in [0.717, 1.165) is 5.56 Å². The SMILES string of the molecule is N[C@@H](Cc1ccccc1)C(=O)OC(=O)N1CCOCC1. The molecule has 1 fully saturated rings. The number of nitrogens with two attached hydrogens (primary N) is 1. The highest BCUT2D eigenvalue weighted by Gasteiger charge is 2.24. The molecule has 1 amide bonds. The average molecular weight is 278 g/mol. The number of benzene rings is 1. The zero-order chi connectivity index (χ0) is 14.4. The minimum Gasteiger partial charge on any atom is -0.378 e. The topological polar surface area (TPSA) is 81.9 Å². The first-order valence-electron chi connectivity index (χ1n) is 6.54. The second-order valence-electron chi connectivity index (χ2n) is 4.58. The van der Waals surface area contributed by atoms with Gasteiger partial charge >= 0.3 is 12.1 Å². The zero-order valence-electron chi connectivity index (χ0n) is 11.2. The molecule has 0 radical (unpaired) electrons. The van der Waals surface area contributed by atoms with Crippen molar-refractivity contribution >= 4 is 12.1 Å². The van der Waals surface area contributed by atoms with Crippen molar-refractivity contribution in [2.45, 2.75) is 12.5 Å². The van der Waals surface area contributed by atoms with Gasteiger partial charge in [-0.15, -0.1) is 0 Å². The van der Waals surface area contributed by atoms with Crippen molar-refractivity contribution in [1.29, 1.82) is 0 Å². The van der Waals surface area contributed by atoms with Crippen LogP contribution in [-0.4, -0.2) is 49.3 Å². The minimum atomic E-state index is -0.845. The Hall–Kier alpha value is -1.92. The maximum absolute atomic E-state index is 11.8. The van der Waals surface area contributed by atoms with Crippen LogP contribution in [0.25, 0.3) is 0 Å². The first kappa shape index (κ1) is 14.5. The van der Waals surface area contributed by atoms with E-state index in [4.69, 9.17) is 15.2 Å². The number of rotatable bonds is 3. The monoisotopic (exact) mass is 278 g/mol. The molecule has 1 heterocycles. The summed E-state index contributed by atoms with van der Waals surface area (Å²) in [5.74, 6) is -0.703. The highest BCUT2D eigenvalue weighted by atomic mass is 16.6. The molecule has 0 saturated carbocycles. The van der Waals surface area contributed by atoms with Crippen LogP contribution in [0, 0.1) is 0 Å². The molecule has 1 aliphatic heterocycles. The molecular formula is C14H18N2O4. The third kappa shape index (κ3) is 4.04. The van der Waals surface area contributed by atoms with Crippen molar-refractivity contribution in [1.82, 2.24) is 4.90 Å². The van der Waals surface area contributed by atoms with Crippen LogP contribution in [0.1, 0.15) is 5.56 Å². The summed E-state index contributed by atoms with van der Waals surface area (Å²) < 4.78 is 9.91. The Bertz CT molecular complexity index is 458. The second kappa shape index (κ2) is 7.02. The molecule has 0 bridgehead atoms. The third-order valence-corrected chi connectivity index (χ3v) is 3.06. The smallest absolute Gasteiger partial charge is 0.378 e. The van der Waals surface area contributed by atoms with Crippen LogP contribution in [0.2, 0.25) is 0 Å². The number of nitrogens with zero attached hydrogens (tertiary/aromatic N) is 1. The molecule has 0 aliphatic carbocycles. The maximum Gasteiger partial charge on any atom is 0.417 e. The standard InChI is InChI=1S/C14H18N2O4/c15-12(10-11-4-2-1-3-5-11)13(17)20-14(18)16-6-8-19-9-7-16/h1-5,12H,6-10,15H2/t12-/m0/s1. The lowest BCUT2D eigenvalue weighted by atomic mass is 10.1. The van der Waals surface area contributed by atoms with Gasteiger partial charge in [-0.05, 0) is 12.0 Å². The molecule has 2 rings (SSSR count). The molecule has 1 aromatic carbocycles. The predicted octanol–water partition coefficient (Wildman–Crippen LogP) is 0.552. The van der Waals surface area contributed by atoms with Gasteiger partial charge in [-0.25, -0.2) is 9.59 Å². The number of carbonyl (C=O) groups excluding carboxylic acids is 2. The molecule has 1 aromatic rings. The highest BCUT2D eigenvalue weighted by molar-refractivity contribution is 5.87. The lowest BCUT2D eigenvalue weighted by molar-refractivity contribution is -0.140. The summed E-state index contributed by atoms with van der Waals surface area (Å²) in [6, 6.07) is 8.52. The van der Waals surface area contributed by atoms with Crippen LogP contribution in [0.3, 0.4) is 0 Å². The van der Waals surface area contributed by atoms with Gasteiger partial charge in [-0.1, -0.05) is 30.3 Å². The molecule has 108 valence electrons. The Balaban J connectivity index is 1.82. The Morgan fingerprint density at radius 1 is 1.25 bits per heavy atom. The molecule has 0 aromatic heterocycles. The summed E-state index contributed by atoms with van der Waals surface area (Å²) in [6.45, 7) is 1.78. The largest absolute Gasteiger partial charge is 0.417 e. The molecule has 20 heavy (non-hydrogen) atoms. The zero-order valence-corrected chi connectivity index (χ0v) is 11.2. The second-order valence-corrected chi connectivity index (χ2v) is 4.58. The number of ether oxygens (including phenoxy) is 2. The first-order chi connectivity index (χ1) is 9.66. The van der Waals surface area contributed by atoms with Crippen LogP contribution in [-0.2, 0) is 20.7 Å². The van der Waals surface area contributed by atoms with Gasteiger partial charge in [0.25, 0.3) is 0 Å². The Morgan fingerprint density at radius 2 is 1.90 bits per heavy atom. The van der Waals surface area contributed by atoms with Crippen LogP contribution < -0.4 is 5.73 Å². The van der Waals surface area contributed by atoms with E-state index in [9.17, 15) is 9.59 Å². The van der Waals surface area contributed by atoms with Gasteiger partial charge in [0, 0.05) is 13.1 Å². The molecule has 1 atom stereocenters. The van der Waals surface area contributed by atoms with E-state index in [2.05, 4.69) is 0 Å². The van der Waals surface area contributed by atoms with Gasteiger partial charge in [0.05, 0.1) is 13.2 Å². The summed E-state index contributed by atoms with van der Waals surface area (Å²) in [5, 5.41) is 0. The number of hydrogen-bond donors (Lipinski definition) is 1. The summed E-state index contributed by atoms with van der Waals surface area (Å²) in [7, 11) is 0. The van der Waals surface area contributed by atoms with E-state index in [1.54, 1.807) is 0 Å². The molecule has 6 heteroatoms. The third-order valence-electron chi connectivity index (χ3n) is 3.06. The van der Waals surface area contributed by atoms with Gasteiger partial charge in [0.1, 0.15) is 6.04 Å². The van der Waals surface area contributed by atoms with E-state index < -0.39 is 18.1 Å². The number of amides is 1. The molecule has 1 aliphatic rings. The van der Waals surface area contributed by atoms with Crippen molar-refractivity contribution in [3.05, 3.63) is 35.9 Å². The van der Waals surface area contributed by atoms with Crippen molar-refractivity contribution in [3.63, 3.8) is 0 Å². The molecule has 1 saturated heterocycles. The van der Waals surface area contributed by atoms with Crippen molar-refractivity contribution < 1.29 is 19.1 Å². The van der Waals surface area contributed by atoms with Crippen LogP contribution in [0.15, 0.2) is 30.3 Å². The fourth-order valence-corrected chi connectivity index (χ4v) is 1.92. The number of hydrogen-bond acceptors (Lipinski definition) is 5. The average Bonchev–Trinajstić information content (AvgIpc) is 2.49. The summed E-state index contributed by atoms with van der Waals surface area (Å²) >= 11 is 0. The van der Waals surface area contributed by atoms with Gasteiger partial charge in [-0.3, -0.25) is 0 Å². The van der Waals surface area contributed by atoms with Crippen molar-refractivity contribution in [2.75, 3.05) is 26.3 Å². The number of esters is 1. The van der Waals surface area contributed by atoms with Crippen molar-refractivity contribution in [3.8, 4) is 0 Å². The normalized spacial score (nSPS) is 16.6. The Kier molecular flexibility index (Phi) is 5.09. The van der Waals surface area contributed by atoms with E-state index in [-0.39, 0.29) is 0 Å². The fourth-order valence-electron chi connectivity index (χ4n) is 1.92. The fraction of sp³-hybridized carbons (Fsp3) is 0.429. The van der Waals surface area contributed by atoms with E-state index in [0.29, 0.717) is 32.7 Å². The minimum absolute atomic E-state index is 0.343. The van der Waals surface area contributed by atoms with E-state index in [1.807, 2.05) is 30.3 Å². The van der Waals surface area contributed by atoms with Crippen LogP contribution in [0.4, 0.5) is 4.79 Å². The van der Waals surface area contributed by atoms with E-state index >= 15 is 0 Å². The maximum atomic E-state index is 11.8. The summed E-state index contributed by atoms with van der Waals surface area (Å²) in [6.07, 6.45) is -0.308. The molecular weight excluding hydrogens is 260 g/mol. The van der Waals surface area contributed by atoms with Crippen LogP contribution in [0.5, 0.6) is 0 Å². The summed E-state index contributed by atoms with van der Waals surface area (Å²) in [5.41, 5.74) is 6.68. The van der Waals surface area contributed by atoms with Gasteiger partial charge in [0.15, 0.2) is 0 Å². The molecule has 0 unspecified atom stereocenters. The first-order valence-corrected chi connectivity index (χ1v) is 6.54. The Labute approximate surface area is 117 Å². The number of morpholine rings is 1. The predicted molar refractivity (Wildman–Crippen MR) is 72.0 cm³/mol. The molecule has 2 N–H and O–H groups in total. The molecule has 6 nitrogen and oxygen atoms in total. The highest BCUT2D eigenvalue weighted by Crippen LogP contribution is 2.05. The quantitative estimate of drug-likeness (QED) is 0.645. The van der Waals surface area contributed by atoms with Crippen molar-refractivity contribution in [2.24, 2.45) is 5.73 Å². The lowest BCUT2D eigenvalue weighted by Gasteiger charge is -2.25. The molecule has 0 spiro atoms. The number of carbonyl (C=O) groups is 2.